The van der Waals surface area contributed by atoms with Crippen molar-refractivity contribution in [3.63, 3.8) is 0 Å². The number of phenolic OH excluding ortho intramolecular Hbond substituents is 1. The Morgan fingerprint density at radius 3 is 2.62 bits per heavy atom. The second kappa shape index (κ2) is 4.90. The van der Waals surface area contributed by atoms with Gasteiger partial charge in [-0.3, -0.25) is 0 Å². The van der Waals surface area contributed by atoms with E-state index >= 15 is 0 Å². The van der Waals surface area contributed by atoms with Crippen molar-refractivity contribution in [1.82, 2.24) is 15.0 Å². The fourth-order valence-corrected chi connectivity index (χ4v) is 2.44. The van der Waals surface area contributed by atoms with E-state index in [2.05, 4.69) is 10.3 Å². The lowest BCUT2D eigenvalue weighted by Crippen LogP contribution is -2.06. The number of carbonyl (C=O) groups is 1. The highest BCUT2D eigenvalue weighted by molar-refractivity contribution is 5.94. The summed E-state index contributed by atoms with van der Waals surface area (Å²) in [5, 5.41) is 28.3. The molecule has 0 unspecified atom stereocenters. The lowest BCUT2D eigenvalue weighted by molar-refractivity contribution is 0.0689. The van der Waals surface area contributed by atoms with Gasteiger partial charge in [0.05, 0.1) is 11.4 Å². The minimum Gasteiger partial charge on any atom is -0.507 e. The summed E-state index contributed by atoms with van der Waals surface area (Å²) in [5.74, 6) is -0.924. The van der Waals surface area contributed by atoms with E-state index in [4.69, 9.17) is 5.11 Å². The summed E-state index contributed by atoms with van der Waals surface area (Å²) in [6.07, 6.45) is 0.490. The second-order valence-corrected chi connectivity index (χ2v) is 4.60. The second-order valence-electron chi connectivity index (χ2n) is 4.60. The van der Waals surface area contributed by atoms with E-state index in [0.29, 0.717) is 23.2 Å². The molecule has 6 nitrogen and oxygen atoms in total. The quantitative estimate of drug-likeness (QED) is 0.770. The molecule has 2 aromatic carbocycles. The molecule has 0 atom stereocenters. The van der Waals surface area contributed by atoms with Gasteiger partial charge in [0.15, 0.2) is 5.69 Å². The highest BCUT2D eigenvalue weighted by Gasteiger charge is 2.19. The van der Waals surface area contributed by atoms with E-state index in [1.54, 1.807) is 24.3 Å². The van der Waals surface area contributed by atoms with E-state index in [-0.39, 0.29) is 11.4 Å². The van der Waals surface area contributed by atoms with Crippen LogP contribution in [0.5, 0.6) is 5.75 Å². The molecule has 6 heteroatoms. The van der Waals surface area contributed by atoms with Crippen LogP contribution in [0, 0.1) is 0 Å². The Hall–Kier alpha value is -2.89. The van der Waals surface area contributed by atoms with Gasteiger partial charge in [0, 0.05) is 10.8 Å². The Morgan fingerprint density at radius 1 is 1.19 bits per heavy atom. The summed E-state index contributed by atoms with van der Waals surface area (Å²) in [6.45, 7) is 1.85. The van der Waals surface area contributed by atoms with Crippen molar-refractivity contribution in [3.8, 4) is 11.4 Å². The molecule has 0 fully saturated rings. The molecule has 0 radical (unpaired) electrons. The summed E-state index contributed by atoms with van der Waals surface area (Å²) >= 11 is 0. The number of aromatic hydroxyl groups is 1. The van der Waals surface area contributed by atoms with Crippen molar-refractivity contribution in [3.05, 3.63) is 47.8 Å². The van der Waals surface area contributed by atoms with Crippen LogP contribution in [0.1, 0.15) is 23.1 Å². The van der Waals surface area contributed by atoms with Gasteiger partial charge in [-0.1, -0.05) is 36.4 Å². The molecule has 0 saturated heterocycles. The molecule has 1 heterocycles. The summed E-state index contributed by atoms with van der Waals surface area (Å²) in [6, 6.07) is 10.6. The van der Waals surface area contributed by atoms with Crippen LogP contribution in [0.25, 0.3) is 16.5 Å². The first-order chi connectivity index (χ1) is 10.1. The Morgan fingerprint density at radius 2 is 1.90 bits per heavy atom. The molecule has 0 spiro atoms. The fraction of sp³-hybridized carbons (Fsp3) is 0.133. The fourth-order valence-electron chi connectivity index (χ4n) is 2.44. The number of fused-ring (bicyclic) bond motifs is 1. The monoisotopic (exact) mass is 283 g/mol. The van der Waals surface area contributed by atoms with E-state index in [0.717, 1.165) is 5.39 Å². The van der Waals surface area contributed by atoms with E-state index in [1.165, 1.54) is 4.68 Å². The molecule has 0 aliphatic carbocycles. The number of carboxylic acids is 1. The van der Waals surface area contributed by atoms with Crippen LogP contribution in [0.3, 0.4) is 0 Å². The number of nitrogens with zero attached hydrogens (tertiary/aromatic N) is 3. The van der Waals surface area contributed by atoms with Gasteiger partial charge < -0.3 is 10.2 Å². The van der Waals surface area contributed by atoms with Gasteiger partial charge >= 0.3 is 5.97 Å². The Balaban J connectivity index is 2.31. The highest BCUT2D eigenvalue weighted by atomic mass is 16.4. The van der Waals surface area contributed by atoms with Crippen LogP contribution < -0.4 is 0 Å². The van der Waals surface area contributed by atoms with Crippen molar-refractivity contribution >= 4 is 16.7 Å². The lowest BCUT2D eigenvalue weighted by atomic mass is 10.1. The zero-order valence-corrected chi connectivity index (χ0v) is 11.3. The van der Waals surface area contributed by atoms with Crippen LogP contribution in [-0.2, 0) is 6.42 Å². The number of rotatable bonds is 3. The van der Waals surface area contributed by atoms with Crippen LogP contribution in [0.15, 0.2) is 36.4 Å². The molecular weight excluding hydrogens is 270 g/mol. The first kappa shape index (κ1) is 13.1. The van der Waals surface area contributed by atoms with Gasteiger partial charge in [-0.25, -0.2) is 9.48 Å². The number of hydrogen-bond donors (Lipinski definition) is 2. The van der Waals surface area contributed by atoms with Gasteiger partial charge in [0.25, 0.3) is 0 Å². The Labute approximate surface area is 120 Å². The van der Waals surface area contributed by atoms with E-state index < -0.39 is 5.97 Å². The zero-order valence-electron chi connectivity index (χ0n) is 11.3. The molecule has 0 aliphatic heterocycles. The number of carboxylic acid groups (broad SMARTS) is 1. The van der Waals surface area contributed by atoms with Gasteiger partial charge in [-0.15, -0.1) is 5.10 Å². The molecule has 0 saturated carbocycles. The van der Waals surface area contributed by atoms with Crippen LogP contribution in [0.4, 0.5) is 0 Å². The van der Waals surface area contributed by atoms with E-state index in [9.17, 15) is 9.90 Å². The summed E-state index contributed by atoms with van der Waals surface area (Å²) in [7, 11) is 0. The maximum atomic E-state index is 11.2. The Bertz CT molecular complexity index is 839. The topological polar surface area (TPSA) is 88.2 Å². The summed E-state index contributed by atoms with van der Waals surface area (Å²) < 4.78 is 1.52. The molecule has 3 rings (SSSR count). The molecule has 21 heavy (non-hydrogen) atoms. The number of aromatic nitrogens is 3. The largest absolute Gasteiger partial charge is 0.507 e. The minimum absolute atomic E-state index is 0.0466. The van der Waals surface area contributed by atoms with Crippen molar-refractivity contribution in [2.24, 2.45) is 0 Å². The number of aromatic carboxylic acids is 1. The number of benzene rings is 2. The molecule has 3 aromatic rings. The first-order valence-electron chi connectivity index (χ1n) is 6.52. The summed E-state index contributed by atoms with van der Waals surface area (Å²) in [5.41, 5.74) is 1.17. The van der Waals surface area contributed by atoms with Gasteiger partial charge in [-0.05, 0) is 18.6 Å². The van der Waals surface area contributed by atoms with Crippen molar-refractivity contribution < 1.29 is 15.0 Å². The molecule has 106 valence electrons. The highest BCUT2D eigenvalue weighted by Crippen LogP contribution is 2.29. The third-order valence-corrected chi connectivity index (χ3v) is 3.40. The van der Waals surface area contributed by atoms with Crippen molar-refractivity contribution in [2.75, 3.05) is 0 Å². The van der Waals surface area contributed by atoms with Crippen LogP contribution in [-0.4, -0.2) is 31.2 Å². The predicted molar refractivity (Wildman–Crippen MR) is 76.9 cm³/mol. The maximum Gasteiger partial charge on any atom is 0.358 e. The maximum absolute atomic E-state index is 11.2. The van der Waals surface area contributed by atoms with Gasteiger partial charge in [0.1, 0.15) is 5.75 Å². The molecule has 0 bridgehead atoms. The molecule has 2 N–H and O–H groups in total. The molecule has 0 amide bonds. The first-order valence-corrected chi connectivity index (χ1v) is 6.52. The predicted octanol–water partition coefficient (Wildman–Crippen LogP) is 2.39. The van der Waals surface area contributed by atoms with Gasteiger partial charge in [0.2, 0.25) is 0 Å². The van der Waals surface area contributed by atoms with E-state index in [1.807, 2.05) is 19.1 Å². The average Bonchev–Trinajstić information content (AvgIpc) is 2.91. The average molecular weight is 283 g/mol. The molecular formula is C15H13N3O3. The SMILES string of the molecule is CCc1c(C(=O)O)nnn1-c1cccc2c(O)cccc12. The third-order valence-electron chi connectivity index (χ3n) is 3.40. The lowest BCUT2D eigenvalue weighted by Gasteiger charge is -2.09. The third kappa shape index (κ3) is 2.01. The summed E-state index contributed by atoms with van der Waals surface area (Å²) in [4.78, 5) is 11.2. The number of phenols is 1. The van der Waals surface area contributed by atoms with Crippen molar-refractivity contribution in [1.29, 1.82) is 0 Å². The van der Waals surface area contributed by atoms with Crippen LogP contribution >= 0.6 is 0 Å². The smallest absolute Gasteiger partial charge is 0.358 e. The minimum atomic E-state index is -1.10. The zero-order chi connectivity index (χ0) is 15.0. The molecule has 0 aliphatic rings. The standard InChI is InChI=1S/C15H13N3O3/c1-2-11-14(15(20)21)16-17-18(11)12-7-3-6-10-9(12)5-4-8-13(10)19/h3-8,19H,2H2,1H3,(H,20,21). The van der Waals surface area contributed by atoms with Crippen LogP contribution in [0.2, 0.25) is 0 Å². The molecule has 1 aromatic heterocycles. The normalized spacial score (nSPS) is 10.9. The Kier molecular flexibility index (Phi) is 3.06. The van der Waals surface area contributed by atoms with Crippen molar-refractivity contribution in [2.45, 2.75) is 13.3 Å². The van der Waals surface area contributed by atoms with Gasteiger partial charge in [-0.2, -0.15) is 0 Å². The number of hydrogen-bond acceptors (Lipinski definition) is 4.